The van der Waals surface area contributed by atoms with Gasteiger partial charge in [0.1, 0.15) is 29.9 Å². The number of likely N-dealkylation sites (tertiary alicyclic amines) is 1. The zero-order valence-corrected chi connectivity index (χ0v) is 70.6. The Labute approximate surface area is 719 Å². The molecule has 43 heteroatoms. The summed E-state index contributed by atoms with van der Waals surface area (Å²) in [6.07, 6.45) is 6.59. The molecule has 123 heavy (non-hydrogen) atoms. The fraction of sp³-hybridized carbons (Fsp3) is 0.600. The number of carbonyl (C=O) groups excluding carboxylic acids is 8. The van der Waals surface area contributed by atoms with Crippen LogP contribution >= 0.6 is 15.9 Å². The quantitative estimate of drug-likeness (QED) is 0.0269. The van der Waals surface area contributed by atoms with Crippen LogP contribution in [0.3, 0.4) is 0 Å². The maximum atomic E-state index is 13.9. The summed E-state index contributed by atoms with van der Waals surface area (Å²) >= 11 is 3.42. The van der Waals surface area contributed by atoms with Gasteiger partial charge in [-0.25, -0.2) is 19.1 Å². The first kappa shape index (κ1) is 101. The third-order valence-electron chi connectivity index (χ3n) is 19.9. The van der Waals surface area contributed by atoms with Gasteiger partial charge < -0.3 is 96.6 Å². The number of hydrogen-bond acceptors (Lipinski definition) is 26. The molecule has 2 aliphatic rings. The Hall–Kier alpha value is -11.1. The number of carboxylic acid groups (broad SMARTS) is 6. The van der Waals surface area contributed by atoms with Crippen LogP contribution in [0.25, 0.3) is 10.9 Å². The summed E-state index contributed by atoms with van der Waals surface area (Å²) in [6.45, 7) is 3.67. The number of nitrogens with zero attached hydrogens (tertiary/aromatic N) is 11. The molecule has 0 spiro atoms. The molecule has 4 heterocycles. The number of carboxylic acids is 6. The Balaban J connectivity index is 0.908. The second-order valence-corrected chi connectivity index (χ2v) is 30.4. The Bertz CT molecular complexity index is 4110. The van der Waals surface area contributed by atoms with Gasteiger partial charge >= 0.3 is 41.8 Å². The number of hydrogen-bond donors (Lipinski definition) is 13. The fourth-order valence-electron chi connectivity index (χ4n) is 13.3. The Kier molecular flexibility index (Phi) is 46.3. The van der Waals surface area contributed by atoms with Gasteiger partial charge in [0.2, 0.25) is 35.4 Å². The summed E-state index contributed by atoms with van der Waals surface area (Å²) in [5.74, 6) is -9.50. The molecule has 0 unspecified atom stereocenters. The highest BCUT2D eigenvalue weighted by Gasteiger charge is 2.31. The van der Waals surface area contributed by atoms with Gasteiger partial charge in [-0.2, -0.15) is 5.26 Å². The van der Waals surface area contributed by atoms with Crippen molar-refractivity contribution in [3.8, 4) is 11.8 Å². The fourth-order valence-corrected chi connectivity index (χ4v) is 13.5. The molecule has 2 fully saturated rings. The topological polar surface area (TPSA) is 568 Å². The SMILES string of the molecule is N#C[C@@H]1CCCN1C(=O)CNC(=O)c1ccnc2ccc(OCCCNC(=O)CCc3cn(CCOCCOCCOCCC(=O)N[C@@H](CCCCNC(=O)CN4CCN(CC(=O)O)CCN(CC(=O)O)CCN(CC(=O)O)CC4)C(=O)NCCCCC(=O)N(CCCC[C@H](NC(=O)N[C@@H](CCC(=O)O)C(=O)O)C(=O)O)Cc4ccc(Br)cc4)nn3)cc12. The predicted molar refractivity (Wildman–Crippen MR) is 442 cm³/mol. The first-order valence-electron chi connectivity index (χ1n) is 41.1. The molecular weight excluding hydrogens is 1680 g/mol. The van der Waals surface area contributed by atoms with Gasteiger partial charge in [0.05, 0.1) is 108 Å². The Morgan fingerprint density at radius 2 is 1.13 bits per heavy atom. The number of rotatable bonds is 57. The summed E-state index contributed by atoms with van der Waals surface area (Å²) in [7, 11) is 0. The maximum Gasteiger partial charge on any atom is 0.326 e. The number of urea groups is 1. The van der Waals surface area contributed by atoms with Crippen LogP contribution in [-0.2, 0) is 91.3 Å². The molecule has 676 valence electrons. The number of unbranched alkanes of at least 4 members (excludes halogenated alkanes) is 3. The van der Waals surface area contributed by atoms with Crippen LogP contribution in [0, 0.1) is 11.3 Å². The lowest BCUT2D eigenvalue weighted by Crippen LogP contribution is -2.51. The van der Waals surface area contributed by atoms with E-state index < -0.39 is 96.6 Å². The number of aryl methyl sites for hydroxylation is 1. The lowest BCUT2D eigenvalue weighted by Gasteiger charge is -2.32. The molecule has 0 saturated carbocycles. The third-order valence-corrected chi connectivity index (χ3v) is 20.4. The number of carbonyl (C=O) groups is 14. The molecule has 4 aromatic rings. The molecule has 0 bridgehead atoms. The van der Waals surface area contributed by atoms with Crippen LogP contribution in [0.1, 0.15) is 124 Å². The van der Waals surface area contributed by atoms with Crippen LogP contribution in [0.4, 0.5) is 4.79 Å². The molecule has 2 aliphatic heterocycles. The van der Waals surface area contributed by atoms with Crippen molar-refractivity contribution < 1.29 is 117 Å². The number of benzene rings is 2. The molecular formula is C80H115BrN18O24. The van der Waals surface area contributed by atoms with Gasteiger partial charge in [-0.3, -0.25) is 77.3 Å². The standard InChI is InChI=1S/C80H115BrN18O24/c81-57-15-13-56(14-16-57)50-97(29-6-3-11-65(78(115)116)89-80(119)90-66(79(117)118)20-22-72(105)106)70(103)12-2-5-26-86-77(114)64(10-1-4-25-85-69(102)52-93-31-33-94(53-73(107)108)35-37-96(55-75(111)112)38-36-95(34-32-93)54-74(109)110)88-68(101)24-41-120-43-45-122-46-44-121-42-39-98-51-58(91-92-98)17-21-67(100)84-27-8-40-123-60-18-19-63-62(47-60)61(23-28-83-63)76(113)87-49-71(104)99-30-7-9-59(99)48-82/h13-16,18-19,23,28,47,51,59,64-66H,1-12,17,20-22,24-27,29-46,49-50,52-55H2,(H,84,100)(H,85,102)(H,86,114)(H,87,113)(H,88,101)(H,105,106)(H,107,108)(H,109,110)(H,111,112)(H,115,116)(H,117,118)(H2,89,90,119)/t59-,64-,65-,66-/m0/s1. The molecule has 0 radical (unpaired) electrons. The highest BCUT2D eigenvalue weighted by Crippen LogP contribution is 2.24. The lowest BCUT2D eigenvalue weighted by molar-refractivity contribution is -0.141. The van der Waals surface area contributed by atoms with Crippen LogP contribution in [0.5, 0.6) is 5.75 Å². The molecule has 2 aromatic carbocycles. The lowest BCUT2D eigenvalue weighted by atomic mass is 10.1. The predicted octanol–water partition coefficient (Wildman–Crippen LogP) is 0.594. The number of pyridine rings is 1. The second kappa shape index (κ2) is 56.5. The third kappa shape index (κ3) is 41.1. The van der Waals surface area contributed by atoms with E-state index in [9.17, 15) is 97.9 Å². The molecule has 2 aromatic heterocycles. The van der Waals surface area contributed by atoms with E-state index in [2.05, 4.69) is 74.5 Å². The van der Waals surface area contributed by atoms with E-state index >= 15 is 0 Å². The van der Waals surface area contributed by atoms with Crippen LogP contribution in [-0.4, -0.2) is 351 Å². The molecule has 0 aliphatic carbocycles. The molecule has 6 rings (SSSR count). The molecule has 9 amide bonds. The van der Waals surface area contributed by atoms with Crippen molar-refractivity contribution in [2.24, 2.45) is 0 Å². The van der Waals surface area contributed by atoms with E-state index in [4.69, 9.17) is 24.1 Å². The van der Waals surface area contributed by atoms with Crippen molar-refractivity contribution in [3.63, 3.8) is 0 Å². The van der Waals surface area contributed by atoms with Crippen LogP contribution in [0.2, 0.25) is 0 Å². The minimum absolute atomic E-state index is 0.0100. The number of halogens is 1. The highest BCUT2D eigenvalue weighted by atomic mass is 79.9. The van der Waals surface area contributed by atoms with Gasteiger partial charge in [0, 0.05) is 146 Å². The average molecular weight is 1790 g/mol. The zero-order chi connectivity index (χ0) is 89.3. The zero-order valence-electron chi connectivity index (χ0n) is 69.0. The smallest absolute Gasteiger partial charge is 0.326 e. The Morgan fingerprint density at radius 1 is 0.553 bits per heavy atom. The Morgan fingerprint density at radius 3 is 1.76 bits per heavy atom. The minimum atomic E-state index is -1.58. The average Bonchev–Trinajstić information content (AvgIpc) is 0.822. The highest BCUT2D eigenvalue weighted by molar-refractivity contribution is 9.10. The van der Waals surface area contributed by atoms with E-state index in [-0.39, 0.29) is 213 Å². The van der Waals surface area contributed by atoms with Crippen molar-refractivity contribution >= 4 is 110 Å². The van der Waals surface area contributed by atoms with E-state index in [1.165, 1.54) is 11.1 Å². The summed E-state index contributed by atoms with van der Waals surface area (Å²) in [4.78, 5) is 190. The second-order valence-electron chi connectivity index (χ2n) is 29.5. The van der Waals surface area contributed by atoms with Crippen molar-refractivity contribution in [1.82, 2.24) is 86.6 Å². The van der Waals surface area contributed by atoms with Gasteiger partial charge in [0.25, 0.3) is 5.91 Å². The number of aromatic nitrogens is 4. The van der Waals surface area contributed by atoms with Crippen LogP contribution < -0.4 is 42.0 Å². The first-order chi connectivity index (χ1) is 59.1. The van der Waals surface area contributed by atoms with E-state index in [0.29, 0.717) is 106 Å². The van der Waals surface area contributed by atoms with E-state index in [0.717, 1.165) is 16.5 Å². The van der Waals surface area contributed by atoms with E-state index in [1.54, 1.807) is 59.6 Å². The van der Waals surface area contributed by atoms with Crippen molar-refractivity contribution in [3.05, 3.63) is 82.2 Å². The van der Waals surface area contributed by atoms with Gasteiger partial charge in [-0.15, -0.1) is 5.10 Å². The molecule has 4 atom stereocenters. The number of amides is 9. The first-order valence-corrected chi connectivity index (χ1v) is 41.9. The molecule has 2 saturated heterocycles. The van der Waals surface area contributed by atoms with Crippen molar-refractivity contribution in [2.75, 3.05) is 164 Å². The normalized spacial score (nSPS) is 15.0. The van der Waals surface area contributed by atoms with Gasteiger partial charge in [0.15, 0.2) is 0 Å². The molecule has 13 N–H and O–H groups in total. The van der Waals surface area contributed by atoms with Crippen LogP contribution in [0.15, 0.2) is 65.4 Å². The summed E-state index contributed by atoms with van der Waals surface area (Å²) < 4.78 is 25.4. The van der Waals surface area contributed by atoms with E-state index in [1.807, 2.05) is 24.3 Å². The summed E-state index contributed by atoms with van der Waals surface area (Å²) in [6, 6.07) is 10.5. The number of nitrogens with one attached hydrogen (secondary N) is 7. The van der Waals surface area contributed by atoms with Crippen molar-refractivity contribution in [1.29, 1.82) is 5.26 Å². The number of aliphatic carboxylic acids is 6. The maximum absolute atomic E-state index is 13.9. The van der Waals surface area contributed by atoms with Crippen molar-refractivity contribution in [2.45, 2.75) is 146 Å². The number of ether oxygens (including phenoxy) is 4. The van der Waals surface area contributed by atoms with Gasteiger partial charge in [-0.05, 0) is 119 Å². The largest absolute Gasteiger partial charge is 0.494 e. The number of fused-ring (bicyclic) bond motifs is 1. The monoisotopic (exact) mass is 1790 g/mol. The minimum Gasteiger partial charge on any atom is -0.494 e. The molecule has 42 nitrogen and oxygen atoms in total. The number of nitriles is 1. The summed E-state index contributed by atoms with van der Waals surface area (Å²) in [5, 5.41) is 93.7. The summed E-state index contributed by atoms with van der Waals surface area (Å²) in [5.41, 5.74) is 2.30. The van der Waals surface area contributed by atoms with Gasteiger partial charge in [-0.1, -0.05) is 33.3 Å².